The van der Waals surface area contributed by atoms with Gasteiger partial charge in [0.15, 0.2) is 0 Å². The van der Waals surface area contributed by atoms with E-state index in [4.69, 9.17) is 5.73 Å². The third kappa shape index (κ3) is 5.00. The summed E-state index contributed by atoms with van der Waals surface area (Å²) in [5.74, 6) is 0.488. The van der Waals surface area contributed by atoms with Crippen molar-refractivity contribution in [2.24, 2.45) is 0 Å². The molecule has 0 radical (unpaired) electrons. The van der Waals surface area contributed by atoms with Gasteiger partial charge in [0.1, 0.15) is 0 Å². The van der Waals surface area contributed by atoms with Gasteiger partial charge in [-0.1, -0.05) is 19.4 Å². The first-order valence-corrected chi connectivity index (χ1v) is 7.29. The highest BCUT2D eigenvalue weighted by Crippen LogP contribution is 2.25. The lowest BCUT2D eigenvalue weighted by Gasteiger charge is -2.12. The van der Waals surface area contributed by atoms with Crippen molar-refractivity contribution in [3.8, 4) is 0 Å². The van der Waals surface area contributed by atoms with Crippen molar-refractivity contribution in [1.29, 1.82) is 0 Å². The molecule has 1 amide bonds. The van der Waals surface area contributed by atoms with E-state index in [1.165, 1.54) is 11.8 Å². The predicted molar refractivity (Wildman–Crippen MR) is 78.8 cm³/mol. The van der Waals surface area contributed by atoms with Crippen molar-refractivity contribution in [1.82, 2.24) is 5.32 Å². The zero-order valence-corrected chi connectivity index (χ0v) is 12.1. The number of carbonyl (C=O) groups is 1. The van der Waals surface area contributed by atoms with Crippen LogP contribution in [0.15, 0.2) is 23.1 Å². The van der Waals surface area contributed by atoms with E-state index in [0.29, 0.717) is 5.75 Å². The SMILES string of the molecule is CCCC(C)NC(=O)CSc1ccc(C)cc1N. The van der Waals surface area contributed by atoms with E-state index in [1.807, 2.05) is 32.0 Å². The molecule has 0 aliphatic rings. The molecule has 3 N–H and O–H groups in total. The second-order valence-electron chi connectivity index (χ2n) is 4.59. The maximum atomic E-state index is 11.7. The van der Waals surface area contributed by atoms with E-state index < -0.39 is 0 Å². The molecular weight excluding hydrogens is 244 g/mol. The Kier molecular flexibility index (Phi) is 6.05. The largest absolute Gasteiger partial charge is 0.398 e. The zero-order chi connectivity index (χ0) is 13.5. The number of rotatable bonds is 6. The standard InChI is InChI=1S/C14H22N2OS/c1-4-5-11(3)16-14(17)9-18-13-7-6-10(2)8-12(13)15/h6-8,11H,4-5,9,15H2,1-3H3,(H,16,17). The Balaban J connectivity index is 2.42. The third-order valence-electron chi connectivity index (χ3n) is 2.65. The van der Waals surface area contributed by atoms with Gasteiger partial charge < -0.3 is 11.1 Å². The highest BCUT2D eigenvalue weighted by molar-refractivity contribution is 8.00. The van der Waals surface area contributed by atoms with Gasteiger partial charge in [-0.15, -0.1) is 11.8 Å². The van der Waals surface area contributed by atoms with E-state index in [2.05, 4.69) is 12.2 Å². The average molecular weight is 266 g/mol. The normalized spacial score (nSPS) is 12.2. The predicted octanol–water partition coefficient (Wildman–Crippen LogP) is 2.97. The minimum atomic E-state index is 0.0703. The molecule has 0 saturated carbocycles. The van der Waals surface area contributed by atoms with Crippen LogP contribution in [0.2, 0.25) is 0 Å². The van der Waals surface area contributed by atoms with Gasteiger partial charge in [-0.05, 0) is 38.0 Å². The summed E-state index contributed by atoms with van der Waals surface area (Å²) in [6.07, 6.45) is 2.10. The number of anilines is 1. The third-order valence-corrected chi connectivity index (χ3v) is 3.74. The molecule has 4 heteroatoms. The van der Waals surface area contributed by atoms with Crippen LogP contribution in [0.25, 0.3) is 0 Å². The first-order valence-electron chi connectivity index (χ1n) is 6.31. The molecule has 0 aliphatic carbocycles. The molecule has 18 heavy (non-hydrogen) atoms. The number of amides is 1. The van der Waals surface area contributed by atoms with Crippen molar-refractivity contribution >= 4 is 23.4 Å². The van der Waals surface area contributed by atoms with E-state index in [0.717, 1.165) is 29.0 Å². The van der Waals surface area contributed by atoms with Gasteiger partial charge in [-0.25, -0.2) is 0 Å². The van der Waals surface area contributed by atoms with Crippen molar-refractivity contribution in [3.05, 3.63) is 23.8 Å². The van der Waals surface area contributed by atoms with Gasteiger partial charge in [0.2, 0.25) is 5.91 Å². The van der Waals surface area contributed by atoms with Crippen LogP contribution in [-0.4, -0.2) is 17.7 Å². The topological polar surface area (TPSA) is 55.1 Å². The fourth-order valence-corrected chi connectivity index (χ4v) is 2.52. The fraction of sp³-hybridized carbons (Fsp3) is 0.500. The number of nitrogen functional groups attached to an aromatic ring is 1. The van der Waals surface area contributed by atoms with Gasteiger partial charge in [-0.3, -0.25) is 4.79 Å². The van der Waals surface area contributed by atoms with Crippen LogP contribution in [0, 0.1) is 6.92 Å². The van der Waals surface area contributed by atoms with E-state index in [9.17, 15) is 4.79 Å². The smallest absolute Gasteiger partial charge is 0.230 e. The summed E-state index contributed by atoms with van der Waals surface area (Å²) in [6, 6.07) is 6.16. The molecule has 0 aliphatic heterocycles. The first kappa shape index (κ1) is 14.9. The molecule has 1 unspecified atom stereocenters. The van der Waals surface area contributed by atoms with Crippen LogP contribution in [0.3, 0.4) is 0 Å². The highest BCUT2D eigenvalue weighted by atomic mass is 32.2. The van der Waals surface area contributed by atoms with Crippen molar-refractivity contribution in [3.63, 3.8) is 0 Å². The molecular formula is C14H22N2OS. The van der Waals surface area contributed by atoms with Crippen molar-refractivity contribution in [2.75, 3.05) is 11.5 Å². The molecule has 1 atom stereocenters. The molecule has 1 aromatic rings. The molecule has 1 rings (SSSR count). The van der Waals surface area contributed by atoms with E-state index in [-0.39, 0.29) is 11.9 Å². The maximum absolute atomic E-state index is 11.7. The summed E-state index contributed by atoms with van der Waals surface area (Å²) in [5.41, 5.74) is 7.79. The Labute approximate surface area is 114 Å². The highest BCUT2D eigenvalue weighted by Gasteiger charge is 2.08. The number of nitrogens with one attached hydrogen (secondary N) is 1. The molecule has 3 nitrogen and oxygen atoms in total. The van der Waals surface area contributed by atoms with Gasteiger partial charge >= 0.3 is 0 Å². The Hall–Kier alpha value is -1.16. The number of benzene rings is 1. The second kappa shape index (κ2) is 7.31. The Morgan fingerprint density at radius 3 is 2.83 bits per heavy atom. The van der Waals surface area contributed by atoms with Crippen LogP contribution >= 0.6 is 11.8 Å². The van der Waals surface area contributed by atoms with Gasteiger partial charge in [-0.2, -0.15) is 0 Å². The number of hydrogen-bond acceptors (Lipinski definition) is 3. The molecule has 0 spiro atoms. The molecule has 0 heterocycles. The molecule has 1 aromatic carbocycles. The van der Waals surface area contributed by atoms with Gasteiger partial charge in [0, 0.05) is 16.6 Å². The lowest BCUT2D eigenvalue weighted by molar-refractivity contribution is -0.119. The second-order valence-corrected chi connectivity index (χ2v) is 5.60. The number of nitrogens with two attached hydrogens (primary N) is 1. The molecule has 0 bridgehead atoms. The molecule has 0 fully saturated rings. The van der Waals surface area contributed by atoms with Crippen molar-refractivity contribution in [2.45, 2.75) is 44.6 Å². The Morgan fingerprint density at radius 1 is 1.50 bits per heavy atom. The monoisotopic (exact) mass is 266 g/mol. The van der Waals surface area contributed by atoms with Crippen LogP contribution in [-0.2, 0) is 4.79 Å². The Bertz CT molecular complexity index is 407. The van der Waals surface area contributed by atoms with E-state index >= 15 is 0 Å². The van der Waals surface area contributed by atoms with Crippen LogP contribution in [0.1, 0.15) is 32.3 Å². The number of thioether (sulfide) groups is 1. The summed E-state index contributed by atoms with van der Waals surface area (Å²) in [5, 5.41) is 2.98. The minimum absolute atomic E-state index is 0.0703. The molecule has 0 saturated heterocycles. The number of hydrogen-bond donors (Lipinski definition) is 2. The summed E-state index contributed by atoms with van der Waals surface area (Å²) in [4.78, 5) is 12.7. The summed E-state index contributed by atoms with van der Waals surface area (Å²) in [6.45, 7) is 6.15. The fourth-order valence-electron chi connectivity index (χ4n) is 1.76. The number of aryl methyl sites for hydroxylation is 1. The van der Waals surface area contributed by atoms with E-state index in [1.54, 1.807) is 0 Å². The van der Waals surface area contributed by atoms with Gasteiger partial charge in [0.25, 0.3) is 0 Å². The summed E-state index contributed by atoms with van der Waals surface area (Å²) in [7, 11) is 0. The quantitative estimate of drug-likeness (QED) is 0.615. The maximum Gasteiger partial charge on any atom is 0.230 e. The Morgan fingerprint density at radius 2 is 2.22 bits per heavy atom. The molecule has 0 aromatic heterocycles. The van der Waals surface area contributed by atoms with Gasteiger partial charge in [0.05, 0.1) is 5.75 Å². The molecule has 100 valence electrons. The number of carbonyl (C=O) groups excluding carboxylic acids is 1. The van der Waals surface area contributed by atoms with Crippen LogP contribution in [0.4, 0.5) is 5.69 Å². The van der Waals surface area contributed by atoms with Crippen LogP contribution in [0.5, 0.6) is 0 Å². The van der Waals surface area contributed by atoms with Crippen molar-refractivity contribution < 1.29 is 4.79 Å². The lowest BCUT2D eigenvalue weighted by atomic mass is 10.2. The summed E-state index contributed by atoms with van der Waals surface area (Å²) < 4.78 is 0. The zero-order valence-electron chi connectivity index (χ0n) is 11.3. The lowest BCUT2D eigenvalue weighted by Crippen LogP contribution is -2.33. The summed E-state index contributed by atoms with van der Waals surface area (Å²) >= 11 is 1.49. The van der Waals surface area contributed by atoms with Crippen LogP contribution < -0.4 is 11.1 Å². The minimum Gasteiger partial charge on any atom is -0.398 e. The average Bonchev–Trinajstić information content (AvgIpc) is 2.28. The first-order chi connectivity index (χ1) is 8.52.